The van der Waals surface area contributed by atoms with Crippen LogP contribution in [-0.2, 0) is 4.74 Å². The molecule has 0 saturated carbocycles. The van der Waals surface area contributed by atoms with Crippen molar-refractivity contribution >= 4 is 0 Å². The summed E-state index contributed by atoms with van der Waals surface area (Å²) in [7, 11) is 1.80. The number of ether oxygens (including phenoxy) is 2. The molecule has 0 N–H and O–H groups in total. The van der Waals surface area contributed by atoms with Crippen LogP contribution < -0.4 is 4.74 Å². The van der Waals surface area contributed by atoms with Gasteiger partial charge in [-0.15, -0.1) is 0 Å². The van der Waals surface area contributed by atoms with Gasteiger partial charge < -0.3 is 9.47 Å². The van der Waals surface area contributed by atoms with Gasteiger partial charge in [0.25, 0.3) is 0 Å². The number of hydrogen-bond donors (Lipinski definition) is 0. The van der Waals surface area contributed by atoms with E-state index in [1.807, 2.05) is 30.3 Å². The third kappa shape index (κ3) is 3.45. The molecule has 0 radical (unpaired) electrons. The second-order valence-corrected chi connectivity index (χ2v) is 4.84. The van der Waals surface area contributed by atoms with Gasteiger partial charge in [-0.2, -0.15) is 0 Å². The van der Waals surface area contributed by atoms with Crippen LogP contribution in [0.5, 0.6) is 5.75 Å². The van der Waals surface area contributed by atoms with Gasteiger partial charge in [0, 0.05) is 26.7 Å². The molecule has 1 aliphatic rings. The van der Waals surface area contributed by atoms with E-state index in [0.717, 1.165) is 38.4 Å². The highest BCUT2D eigenvalue weighted by Gasteiger charge is 2.33. The van der Waals surface area contributed by atoms with Crippen LogP contribution in [0.15, 0.2) is 30.3 Å². The zero-order chi connectivity index (χ0) is 12.1. The fraction of sp³-hybridized carbons (Fsp3) is 0.571. The van der Waals surface area contributed by atoms with E-state index < -0.39 is 0 Å². The Morgan fingerprint density at radius 2 is 2.06 bits per heavy atom. The minimum atomic E-state index is 0.0345. The van der Waals surface area contributed by atoms with Gasteiger partial charge in [-0.25, -0.2) is 0 Å². The Morgan fingerprint density at radius 1 is 1.29 bits per heavy atom. The smallest absolute Gasteiger partial charge is 0.119 e. The van der Waals surface area contributed by atoms with Crippen LogP contribution in [0.1, 0.15) is 13.3 Å². The number of methoxy groups -OCH3 is 1. The van der Waals surface area contributed by atoms with E-state index in [2.05, 4.69) is 11.8 Å². The maximum atomic E-state index is 5.69. The fourth-order valence-electron chi connectivity index (χ4n) is 2.19. The van der Waals surface area contributed by atoms with Crippen molar-refractivity contribution in [2.24, 2.45) is 0 Å². The molecule has 1 fully saturated rings. The minimum Gasteiger partial charge on any atom is -0.492 e. The average molecular weight is 235 g/mol. The van der Waals surface area contributed by atoms with Crippen LogP contribution in [0.25, 0.3) is 0 Å². The van der Waals surface area contributed by atoms with Crippen molar-refractivity contribution in [3.63, 3.8) is 0 Å². The molecule has 1 aromatic carbocycles. The number of hydrogen-bond acceptors (Lipinski definition) is 3. The van der Waals surface area contributed by atoms with Gasteiger partial charge in [-0.3, -0.25) is 4.90 Å². The van der Waals surface area contributed by atoms with E-state index in [0.29, 0.717) is 0 Å². The number of nitrogens with zero attached hydrogens (tertiary/aromatic N) is 1. The van der Waals surface area contributed by atoms with Crippen LogP contribution in [0.2, 0.25) is 0 Å². The lowest BCUT2D eigenvalue weighted by Crippen LogP contribution is -2.33. The van der Waals surface area contributed by atoms with Crippen LogP contribution in [-0.4, -0.2) is 43.9 Å². The van der Waals surface area contributed by atoms with Crippen molar-refractivity contribution in [1.29, 1.82) is 0 Å². The standard InChI is InChI=1S/C14H21NO2/c1-14(16-2)8-9-15(12-14)10-11-17-13-6-4-3-5-7-13/h3-7H,8-12H2,1-2H3. The number of para-hydroxylation sites is 1. The molecule has 17 heavy (non-hydrogen) atoms. The first-order valence-corrected chi connectivity index (χ1v) is 6.17. The first-order valence-electron chi connectivity index (χ1n) is 6.17. The maximum absolute atomic E-state index is 5.69. The predicted octanol–water partition coefficient (Wildman–Crippen LogP) is 2.18. The lowest BCUT2D eigenvalue weighted by molar-refractivity contribution is 0.0141. The number of likely N-dealkylation sites (tertiary alicyclic amines) is 1. The predicted molar refractivity (Wildman–Crippen MR) is 68.4 cm³/mol. The van der Waals surface area contributed by atoms with E-state index in [9.17, 15) is 0 Å². The second-order valence-electron chi connectivity index (χ2n) is 4.84. The van der Waals surface area contributed by atoms with Gasteiger partial charge in [0.15, 0.2) is 0 Å². The summed E-state index contributed by atoms with van der Waals surface area (Å²) in [6.45, 7) is 5.98. The molecule has 3 nitrogen and oxygen atoms in total. The molecule has 1 unspecified atom stereocenters. The molecule has 1 aromatic rings. The first-order chi connectivity index (χ1) is 8.22. The molecule has 2 rings (SSSR count). The summed E-state index contributed by atoms with van der Waals surface area (Å²) in [6.07, 6.45) is 1.11. The highest BCUT2D eigenvalue weighted by atomic mass is 16.5. The summed E-state index contributed by atoms with van der Waals surface area (Å²) < 4.78 is 11.2. The Kier molecular flexibility index (Phi) is 4.02. The quantitative estimate of drug-likeness (QED) is 0.780. The topological polar surface area (TPSA) is 21.7 Å². The van der Waals surface area contributed by atoms with Crippen molar-refractivity contribution < 1.29 is 9.47 Å². The fourth-order valence-corrected chi connectivity index (χ4v) is 2.19. The summed E-state index contributed by atoms with van der Waals surface area (Å²) in [5.74, 6) is 0.946. The molecule has 1 heterocycles. The molecule has 1 aliphatic heterocycles. The van der Waals surface area contributed by atoms with E-state index in [1.54, 1.807) is 7.11 Å². The Bertz CT molecular complexity index is 341. The van der Waals surface area contributed by atoms with Crippen molar-refractivity contribution in [2.45, 2.75) is 18.9 Å². The van der Waals surface area contributed by atoms with Gasteiger partial charge in [0.05, 0.1) is 5.60 Å². The monoisotopic (exact) mass is 235 g/mol. The maximum Gasteiger partial charge on any atom is 0.119 e. The summed E-state index contributed by atoms with van der Waals surface area (Å²) in [5, 5.41) is 0. The first kappa shape index (κ1) is 12.4. The van der Waals surface area contributed by atoms with Crippen LogP contribution in [0.4, 0.5) is 0 Å². The molecule has 3 heteroatoms. The van der Waals surface area contributed by atoms with E-state index in [4.69, 9.17) is 9.47 Å². The van der Waals surface area contributed by atoms with E-state index >= 15 is 0 Å². The molecule has 1 saturated heterocycles. The second kappa shape index (κ2) is 5.52. The third-order valence-electron chi connectivity index (χ3n) is 3.43. The van der Waals surface area contributed by atoms with E-state index in [-0.39, 0.29) is 5.60 Å². The molecular formula is C14H21NO2. The Balaban J connectivity index is 1.70. The number of rotatable bonds is 5. The van der Waals surface area contributed by atoms with Crippen LogP contribution in [0, 0.1) is 0 Å². The van der Waals surface area contributed by atoms with Crippen molar-refractivity contribution in [1.82, 2.24) is 4.90 Å². The zero-order valence-corrected chi connectivity index (χ0v) is 10.7. The van der Waals surface area contributed by atoms with Gasteiger partial charge in [0.1, 0.15) is 12.4 Å². The van der Waals surface area contributed by atoms with Crippen LogP contribution >= 0.6 is 0 Å². The SMILES string of the molecule is COC1(C)CCN(CCOc2ccccc2)C1. The lowest BCUT2D eigenvalue weighted by atomic mass is 10.1. The Hall–Kier alpha value is -1.06. The number of benzene rings is 1. The van der Waals surface area contributed by atoms with E-state index in [1.165, 1.54) is 0 Å². The molecular weight excluding hydrogens is 214 g/mol. The summed E-state index contributed by atoms with van der Waals surface area (Å²) in [5.41, 5.74) is 0.0345. The minimum absolute atomic E-state index is 0.0345. The van der Waals surface area contributed by atoms with Gasteiger partial charge in [0.2, 0.25) is 0 Å². The molecule has 0 spiro atoms. The van der Waals surface area contributed by atoms with Gasteiger partial charge >= 0.3 is 0 Å². The highest BCUT2D eigenvalue weighted by Crippen LogP contribution is 2.23. The van der Waals surface area contributed by atoms with Gasteiger partial charge in [-0.05, 0) is 25.5 Å². The summed E-state index contributed by atoms with van der Waals surface area (Å²) in [6, 6.07) is 9.96. The summed E-state index contributed by atoms with van der Waals surface area (Å²) >= 11 is 0. The van der Waals surface area contributed by atoms with Crippen molar-refractivity contribution in [2.75, 3.05) is 33.4 Å². The molecule has 0 aliphatic carbocycles. The molecule has 1 atom stereocenters. The molecule has 94 valence electrons. The molecule has 0 amide bonds. The molecule has 0 bridgehead atoms. The Labute approximate surface area is 103 Å². The van der Waals surface area contributed by atoms with Crippen LogP contribution in [0.3, 0.4) is 0 Å². The van der Waals surface area contributed by atoms with Crippen molar-refractivity contribution in [3.8, 4) is 5.75 Å². The van der Waals surface area contributed by atoms with Crippen molar-refractivity contribution in [3.05, 3.63) is 30.3 Å². The normalized spacial score (nSPS) is 25.1. The lowest BCUT2D eigenvalue weighted by Gasteiger charge is -2.22. The Morgan fingerprint density at radius 3 is 2.71 bits per heavy atom. The largest absolute Gasteiger partial charge is 0.492 e. The highest BCUT2D eigenvalue weighted by molar-refractivity contribution is 5.20. The zero-order valence-electron chi connectivity index (χ0n) is 10.7. The third-order valence-corrected chi connectivity index (χ3v) is 3.43. The average Bonchev–Trinajstić information content (AvgIpc) is 2.74. The van der Waals surface area contributed by atoms with Gasteiger partial charge in [-0.1, -0.05) is 18.2 Å². The molecule has 0 aromatic heterocycles. The summed E-state index contributed by atoms with van der Waals surface area (Å²) in [4.78, 5) is 2.40.